The molecule has 0 aromatic rings. The molecular formula is C47H88N2O6P+. The average Bonchev–Trinajstić information content (AvgIpc) is 3.15. The summed E-state index contributed by atoms with van der Waals surface area (Å²) in [5.41, 5.74) is 0. The van der Waals surface area contributed by atoms with Crippen molar-refractivity contribution in [2.45, 2.75) is 193 Å². The van der Waals surface area contributed by atoms with Crippen LogP contribution in [0.4, 0.5) is 0 Å². The average molecular weight is 808 g/mol. The van der Waals surface area contributed by atoms with Gasteiger partial charge in [-0.25, -0.2) is 4.57 Å². The fraction of sp³-hybridized carbons (Fsp3) is 0.766. The summed E-state index contributed by atoms with van der Waals surface area (Å²) >= 11 is 0. The largest absolute Gasteiger partial charge is 0.472 e. The number of rotatable bonds is 40. The van der Waals surface area contributed by atoms with E-state index in [1.165, 1.54) is 83.5 Å². The van der Waals surface area contributed by atoms with Crippen LogP contribution >= 0.6 is 7.82 Å². The summed E-state index contributed by atoms with van der Waals surface area (Å²) < 4.78 is 23.5. The van der Waals surface area contributed by atoms with Gasteiger partial charge in [0.15, 0.2) is 0 Å². The fourth-order valence-corrected chi connectivity index (χ4v) is 6.86. The second-order valence-electron chi connectivity index (χ2n) is 16.4. The van der Waals surface area contributed by atoms with Crippen LogP contribution in [0, 0.1) is 0 Å². The number of carbonyl (C=O) groups is 1. The van der Waals surface area contributed by atoms with Gasteiger partial charge in [-0.3, -0.25) is 13.8 Å². The minimum atomic E-state index is -4.35. The predicted octanol–water partition coefficient (Wildman–Crippen LogP) is 12.6. The van der Waals surface area contributed by atoms with Gasteiger partial charge in [-0.2, -0.15) is 0 Å². The molecule has 0 bridgehead atoms. The number of nitrogens with zero attached hydrogens (tertiary/aromatic N) is 1. The van der Waals surface area contributed by atoms with Crippen LogP contribution in [0.15, 0.2) is 60.8 Å². The molecule has 0 aromatic heterocycles. The highest BCUT2D eigenvalue weighted by Gasteiger charge is 2.27. The van der Waals surface area contributed by atoms with Gasteiger partial charge in [0, 0.05) is 6.42 Å². The number of aliphatic hydroxyl groups is 1. The van der Waals surface area contributed by atoms with Crippen LogP contribution in [-0.2, 0) is 18.4 Å². The first-order chi connectivity index (χ1) is 27.0. The highest BCUT2D eigenvalue weighted by Crippen LogP contribution is 2.43. The molecule has 3 atom stereocenters. The summed E-state index contributed by atoms with van der Waals surface area (Å²) in [5.74, 6) is -0.206. The maximum Gasteiger partial charge on any atom is 0.472 e. The molecule has 0 spiro atoms. The third kappa shape index (κ3) is 40.4. The van der Waals surface area contributed by atoms with Gasteiger partial charge < -0.3 is 19.8 Å². The van der Waals surface area contributed by atoms with E-state index in [2.05, 4.69) is 67.8 Å². The molecule has 0 fully saturated rings. The van der Waals surface area contributed by atoms with E-state index in [1.807, 2.05) is 27.2 Å². The summed E-state index contributed by atoms with van der Waals surface area (Å²) in [6.07, 6.45) is 50.1. The van der Waals surface area contributed by atoms with Crippen molar-refractivity contribution >= 4 is 13.7 Å². The van der Waals surface area contributed by atoms with Crippen molar-refractivity contribution in [2.75, 3.05) is 40.9 Å². The Balaban J connectivity index is 4.49. The lowest BCUT2D eigenvalue weighted by Crippen LogP contribution is -2.45. The van der Waals surface area contributed by atoms with Gasteiger partial charge in [0.2, 0.25) is 5.91 Å². The van der Waals surface area contributed by atoms with Gasteiger partial charge in [0.25, 0.3) is 0 Å². The Morgan fingerprint density at radius 3 is 1.64 bits per heavy atom. The number of aliphatic hydroxyl groups excluding tert-OH is 1. The minimum absolute atomic E-state index is 0.0501. The molecule has 3 N–H and O–H groups in total. The topological polar surface area (TPSA) is 105 Å². The van der Waals surface area contributed by atoms with Crippen LogP contribution in [0.25, 0.3) is 0 Å². The number of phosphoric acid groups is 1. The number of carbonyl (C=O) groups excluding carboxylic acids is 1. The fourth-order valence-electron chi connectivity index (χ4n) is 6.13. The summed E-state index contributed by atoms with van der Waals surface area (Å²) in [6, 6.07) is -0.873. The predicted molar refractivity (Wildman–Crippen MR) is 240 cm³/mol. The van der Waals surface area contributed by atoms with Crippen LogP contribution < -0.4 is 5.32 Å². The van der Waals surface area contributed by atoms with Crippen LogP contribution in [0.1, 0.15) is 181 Å². The first-order valence-corrected chi connectivity index (χ1v) is 24.2. The monoisotopic (exact) mass is 808 g/mol. The molecule has 0 saturated heterocycles. The molecule has 9 heteroatoms. The van der Waals surface area contributed by atoms with Crippen molar-refractivity contribution in [1.29, 1.82) is 0 Å². The second-order valence-corrected chi connectivity index (χ2v) is 17.8. The van der Waals surface area contributed by atoms with Gasteiger partial charge >= 0.3 is 7.82 Å². The smallest absolute Gasteiger partial charge is 0.387 e. The van der Waals surface area contributed by atoms with E-state index < -0.39 is 20.0 Å². The first kappa shape index (κ1) is 54.2. The zero-order chi connectivity index (χ0) is 41.4. The van der Waals surface area contributed by atoms with Crippen molar-refractivity contribution in [3.05, 3.63) is 60.8 Å². The molecule has 0 heterocycles. The van der Waals surface area contributed by atoms with Crippen molar-refractivity contribution in [2.24, 2.45) is 0 Å². The van der Waals surface area contributed by atoms with Crippen molar-refractivity contribution in [3.8, 4) is 0 Å². The van der Waals surface area contributed by atoms with Crippen molar-refractivity contribution < 1.29 is 32.9 Å². The SMILES string of the molecule is CC/C=C\C/C=C\C/C=C\CCCCCCCC(=O)NC(COP(=O)(O)OCC[N+](C)(C)C)C(O)/C=C/CC/C=C/CCCCCCCCCCCCCCC. The minimum Gasteiger partial charge on any atom is -0.387 e. The Morgan fingerprint density at radius 1 is 0.625 bits per heavy atom. The molecule has 326 valence electrons. The van der Waals surface area contributed by atoms with Crippen LogP contribution in [0.2, 0.25) is 0 Å². The van der Waals surface area contributed by atoms with E-state index in [-0.39, 0.29) is 19.1 Å². The van der Waals surface area contributed by atoms with E-state index in [0.717, 1.165) is 77.0 Å². The number of nitrogens with one attached hydrogen (secondary N) is 1. The lowest BCUT2D eigenvalue weighted by Gasteiger charge is -2.25. The quantitative estimate of drug-likeness (QED) is 0.0246. The Hall–Kier alpha value is -1.80. The summed E-state index contributed by atoms with van der Waals surface area (Å²) in [5, 5.41) is 13.8. The number of hydrogen-bond donors (Lipinski definition) is 3. The molecule has 3 unspecified atom stereocenters. The maximum absolute atomic E-state index is 12.9. The molecule has 8 nitrogen and oxygen atoms in total. The Labute approximate surface area is 345 Å². The molecule has 0 aliphatic carbocycles. The highest BCUT2D eigenvalue weighted by atomic mass is 31.2. The van der Waals surface area contributed by atoms with Gasteiger partial charge in [-0.05, 0) is 64.2 Å². The molecule has 1 amide bonds. The summed E-state index contributed by atoms with van der Waals surface area (Å²) in [4.78, 5) is 23.1. The standard InChI is InChI=1S/C47H87N2O6P/c1-6-8-10-12-14-16-18-20-22-23-24-25-27-28-30-32-34-36-38-40-46(50)45(44-55-56(52,53)54-43-42-49(3,4)5)48-47(51)41-39-37-35-33-31-29-26-21-19-17-15-13-11-9-7-2/h9,11,15,17,21,26,30,32,38,40,45-46,50H,6-8,10,12-14,16,18-20,22-25,27-29,31,33-37,39,41-44H2,1-5H3,(H-,48,51,52,53)/p+1/b11-9-,17-15-,26-21-,32-30+,40-38+. The highest BCUT2D eigenvalue weighted by molar-refractivity contribution is 7.47. The Kier molecular flexibility index (Phi) is 37.5. The number of quaternary nitrogens is 1. The summed E-state index contributed by atoms with van der Waals surface area (Å²) in [7, 11) is 1.53. The third-order valence-electron chi connectivity index (χ3n) is 9.72. The van der Waals surface area contributed by atoms with Gasteiger partial charge in [0.1, 0.15) is 13.2 Å². The third-order valence-corrected chi connectivity index (χ3v) is 10.7. The van der Waals surface area contributed by atoms with E-state index in [9.17, 15) is 19.4 Å². The first-order valence-electron chi connectivity index (χ1n) is 22.7. The molecule has 0 rings (SSSR count). The normalized spacial score (nSPS) is 14.9. The molecule has 56 heavy (non-hydrogen) atoms. The van der Waals surface area contributed by atoms with Gasteiger partial charge in [-0.15, -0.1) is 0 Å². The van der Waals surface area contributed by atoms with E-state index in [1.54, 1.807) is 6.08 Å². The zero-order valence-corrected chi connectivity index (χ0v) is 37.8. The maximum atomic E-state index is 12.9. The molecule has 0 aliphatic heterocycles. The van der Waals surface area contributed by atoms with Gasteiger partial charge in [-0.1, -0.05) is 171 Å². The molecule has 0 radical (unpaired) electrons. The number of hydrogen-bond acceptors (Lipinski definition) is 5. The summed E-state index contributed by atoms with van der Waals surface area (Å²) in [6.45, 7) is 4.66. The van der Waals surface area contributed by atoms with Crippen LogP contribution in [0.3, 0.4) is 0 Å². The van der Waals surface area contributed by atoms with E-state index in [4.69, 9.17) is 9.05 Å². The molecule has 0 aliphatic rings. The Morgan fingerprint density at radius 2 is 1.09 bits per heavy atom. The lowest BCUT2D eigenvalue weighted by molar-refractivity contribution is -0.870. The van der Waals surface area contributed by atoms with E-state index in [0.29, 0.717) is 17.4 Å². The number of phosphoric ester groups is 1. The number of amides is 1. The van der Waals surface area contributed by atoms with Crippen molar-refractivity contribution in [1.82, 2.24) is 5.32 Å². The van der Waals surface area contributed by atoms with Crippen LogP contribution in [-0.4, -0.2) is 73.4 Å². The van der Waals surface area contributed by atoms with Crippen LogP contribution in [0.5, 0.6) is 0 Å². The number of unbranched alkanes of at least 4 members (excludes halogenated alkanes) is 19. The van der Waals surface area contributed by atoms with E-state index >= 15 is 0 Å². The number of allylic oxidation sites excluding steroid dienone is 9. The zero-order valence-electron chi connectivity index (χ0n) is 36.9. The molecule has 0 saturated carbocycles. The molecular weight excluding hydrogens is 719 g/mol. The van der Waals surface area contributed by atoms with Gasteiger partial charge in [0.05, 0.1) is 39.9 Å². The Bertz CT molecular complexity index is 1100. The number of likely N-dealkylation sites (N-methyl/N-ethyl adjacent to an activating group) is 1. The van der Waals surface area contributed by atoms with Crippen molar-refractivity contribution in [3.63, 3.8) is 0 Å². The lowest BCUT2D eigenvalue weighted by atomic mass is 10.0. The second kappa shape index (κ2) is 38.7. The molecule has 0 aromatic carbocycles.